The molecule has 4 rings (SSSR count). The fourth-order valence-electron chi connectivity index (χ4n) is 5.08. The SMILES string of the molecule is CSc1ccc(-c2ccc(C3(CC(=O)NO)CCN(C(=O)NC4CCCCC4)CCS3(=O)=O)s2)cc1. The summed E-state index contributed by atoms with van der Waals surface area (Å²) >= 11 is 2.98. The van der Waals surface area contributed by atoms with E-state index in [1.165, 1.54) is 17.8 Å². The molecule has 1 saturated heterocycles. The van der Waals surface area contributed by atoms with Gasteiger partial charge < -0.3 is 10.2 Å². The van der Waals surface area contributed by atoms with Crippen LogP contribution in [0.25, 0.3) is 10.4 Å². The minimum Gasteiger partial charge on any atom is -0.335 e. The van der Waals surface area contributed by atoms with Gasteiger partial charge in [0.15, 0.2) is 9.84 Å². The number of rotatable bonds is 6. The average molecular weight is 552 g/mol. The molecule has 3 amide bonds. The Bertz CT molecular complexity index is 1180. The maximum atomic E-state index is 13.7. The van der Waals surface area contributed by atoms with E-state index in [2.05, 4.69) is 5.32 Å². The Morgan fingerprint density at radius 3 is 2.50 bits per heavy atom. The normalized spacial score (nSPS) is 22.6. The number of thiophene rings is 1. The monoisotopic (exact) mass is 551 g/mol. The van der Waals surface area contributed by atoms with Gasteiger partial charge in [0.25, 0.3) is 0 Å². The molecule has 8 nitrogen and oxygen atoms in total. The summed E-state index contributed by atoms with van der Waals surface area (Å²) in [6.45, 7) is 0.268. The second-order valence-electron chi connectivity index (χ2n) is 9.44. The van der Waals surface area contributed by atoms with Crippen LogP contribution >= 0.6 is 23.1 Å². The Balaban J connectivity index is 1.62. The lowest BCUT2D eigenvalue weighted by molar-refractivity contribution is -0.129. The number of hydroxylamine groups is 1. The minimum absolute atomic E-state index is 0.0672. The fraction of sp³-hybridized carbons (Fsp3) is 0.520. The van der Waals surface area contributed by atoms with Crippen molar-refractivity contribution in [2.45, 2.75) is 60.6 Å². The molecule has 1 aromatic heterocycles. The van der Waals surface area contributed by atoms with Crippen LogP contribution in [0.5, 0.6) is 0 Å². The lowest BCUT2D eigenvalue weighted by Crippen LogP contribution is -2.46. The lowest BCUT2D eigenvalue weighted by atomic mass is 9.95. The Hall–Kier alpha value is -2.08. The van der Waals surface area contributed by atoms with Crippen LogP contribution in [0.15, 0.2) is 41.3 Å². The zero-order valence-corrected chi connectivity index (χ0v) is 22.8. The number of sulfone groups is 1. The second-order valence-corrected chi connectivity index (χ2v) is 13.8. The molecule has 0 radical (unpaired) electrons. The number of carbonyl (C=O) groups excluding carboxylic acids is 2. The standard InChI is InChI=1S/C25H33N3O5S3/c1-34-20-9-7-18(8-10-20)21-11-12-22(35-21)25(17-23(29)27-31)13-14-28(15-16-36(25,32)33)24(30)26-19-5-3-2-4-6-19/h7-12,19,31H,2-6,13-17H2,1H3,(H,26,30)(H,27,29). The first-order valence-corrected chi connectivity index (χ1v) is 15.9. The molecule has 1 aliphatic heterocycles. The van der Waals surface area contributed by atoms with Crippen LogP contribution in [0.4, 0.5) is 4.79 Å². The molecule has 2 aliphatic rings. The number of urea groups is 1. The van der Waals surface area contributed by atoms with Gasteiger partial charge in [0, 0.05) is 33.8 Å². The van der Waals surface area contributed by atoms with E-state index >= 15 is 0 Å². The Morgan fingerprint density at radius 1 is 1.11 bits per heavy atom. The summed E-state index contributed by atoms with van der Waals surface area (Å²) in [6, 6.07) is 11.5. The van der Waals surface area contributed by atoms with Crippen molar-refractivity contribution in [2.75, 3.05) is 25.1 Å². The second kappa shape index (κ2) is 11.5. The number of amides is 3. The average Bonchev–Trinajstić information content (AvgIpc) is 3.34. The molecule has 196 valence electrons. The number of thioether (sulfide) groups is 1. The molecule has 1 aromatic carbocycles. The van der Waals surface area contributed by atoms with Gasteiger partial charge in [0.2, 0.25) is 5.91 Å². The molecule has 2 aromatic rings. The smallest absolute Gasteiger partial charge is 0.317 e. The number of hydrogen-bond acceptors (Lipinski definition) is 7. The highest BCUT2D eigenvalue weighted by Gasteiger charge is 2.50. The van der Waals surface area contributed by atoms with Gasteiger partial charge in [-0.15, -0.1) is 23.1 Å². The topological polar surface area (TPSA) is 116 Å². The summed E-state index contributed by atoms with van der Waals surface area (Å²) in [5, 5.41) is 12.3. The Kier molecular flexibility index (Phi) is 8.64. The largest absolute Gasteiger partial charge is 0.335 e. The highest BCUT2D eigenvalue weighted by molar-refractivity contribution is 7.98. The number of hydrogen-bond donors (Lipinski definition) is 3. The summed E-state index contributed by atoms with van der Waals surface area (Å²) in [4.78, 5) is 29.5. The molecule has 1 aliphatic carbocycles. The third-order valence-electron chi connectivity index (χ3n) is 7.23. The number of nitrogens with zero attached hydrogens (tertiary/aromatic N) is 1. The van der Waals surface area contributed by atoms with E-state index in [9.17, 15) is 23.2 Å². The van der Waals surface area contributed by atoms with Crippen molar-refractivity contribution in [3.63, 3.8) is 0 Å². The van der Waals surface area contributed by atoms with Crippen LogP contribution in [-0.2, 0) is 19.4 Å². The van der Waals surface area contributed by atoms with Gasteiger partial charge in [-0.25, -0.2) is 18.7 Å². The van der Waals surface area contributed by atoms with Crippen LogP contribution in [0.1, 0.15) is 49.8 Å². The highest BCUT2D eigenvalue weighted by atomic mass is 32.2. The van der Waals surface area contributed by atoms with Crippen molar-refractivity contribution >= 4 is 44.9 Å². The molecular weight excluding hydrogens is 518 g/mol. The molecule has 2 heterocycles. The first-order chi connectivity index (χ1) is 17.3. The van der Waals surface area contributed by atoms with E-state index in [1.807, 2.05) is 36.6 Å². The number of carbonyl (C=O) groups is 2. The molecular formula is C25H33N3O5S3. The Labute approximate surface area is 220 Å². The van der Waals surface area contributed by atoms with Gasteiger partial charge in [0.05, 0.1) is 12.2 Å². The summed E-state index contributed by atoms with van der Waals surface area (Å²) < 4.78 is 26.0. The summed E-state index contributed by atoms with van der Waals surface area (Å²) in [7, 11) is -3.85. The first kappa shape index (κ1) is 27.0. The van der Waals surface area contributed by atoms with Crippen molar-refractivity contribution in [2.24, 2.45) is 0 Å². The van der Waals surface area contributed by atoms with E-state index in [0.29, 0.717) is 4.88 Å². The molecule has 3 N–H and O–H groups in total. The van der Waals surface area contributed by atoms with E-state index in [1.54, 1.807) is 28.2 Å². The lowest BCUT2D eigenvalue weighted by Gasteiger charge is -2.30. The van der Waals surface area contributed by atoms with Crippen LogP contribution in [0.2, 0.25) is 0 Å². The first-order valence-electron chi connectivity index (χ1n) is 12.2. The Morgan fingerprint density at radius 2 is 1.83 bits per heavy atom. The van der Waals surface area contributed by atoms with Gasteiger partial charge >= 0.3 is 6.03 Å². The van der Waals surface area contributed by atoms with E-state index in [0.717, 1.165) is 41.0 Å². The van der Waals surface area contributed by atoms with Crippen LogP contribution < -0.4 is 10.8 Å². The summed E-state index contributed by atoms with van der Waals surface area (Å²) in [6.07, 6.45) is 6.89. The van der Waals surface area contributed by atoms with Gasteiger partial charge in [-0.05, 0) is 55.3 Å². The van der Waals surface area contributed by atoms with E-state index < -0.39 is 26.9 Å². The van der Waals surface area contributed by atoms with Crippen molar-refractivity contribution in [3.8, 4) is 10.4 Å². The minimum atomic E-state index is -3.85. The molecule has 2 fully saturated rings. The fourth-order valence-corrected chi connectivity index (χ4v) is 9.10. The molecule has 1 saturated carbocycles. The molecule has 0 spiro atoms. The van der Waals surface area contributed by atoms with Crippen molar-refractivity contribution in [1.82, 2.24) is 15.7 Å². The number of benzene rings is 1. The van der Waals surface area contributed by atoms with E-state index in [-0.39, 0.29) is 37.3 Å². The predicted octanol–water partition coefficient (Wildman–Crippen LogP) is 4.39. The molecule has 11 heteroatoms. The van der Waals surface area contributed by atoms with Gasteiger partial charge in [0.1, 0.15) is 4.75 Å². The predicted molar refractivity (Wildman–Crippen MR) is 143 cm³/mol. The molecule has 1 unspecified atom stereocenters. The zero-order valence-electron chi connectivity index (χ0n) is 20.4. The molecule has 1 atom stereocenters. The van der Waals surface area contributed by atoms with E-state index in [4.69, 9.17) is 0 Å². The zero-order chi connectivity index (χ0) is 25.8. The van der Waals surface area contributed by atoms with Crippen LogP contribution in [-0.4, -0.2) is 61.6 Å². The molecule has 0 bridgehead atoms. The number of nitrogens with one attached hydrogen (secondary N) is 2. The van der Waals surface area contributed by atoms with Crippen molar-refractivity contribution in [3.05, 3.63) is 41.3 Å². The third kappa shape index (κ3) is 5.74. The van der Waals surface area contributed by atoms with Gasteiger partial charge in [-0.2, -0.15) is 0 Å². The third-order valence-corrected chi connectivity index (χ3v) is 11.9. The van der Waals surface area contributed by atoms with Crippen LogP contribution in [0.3, 0.4) is 0 Å². The maximum absolute atomic E-state index is 13.7. The highest BCUT2D eigenvalue weighted by Crippen LogP contribution is 2.45. The maximum Gasteiger partial charge on any atom is 0.317 e. The quantitative estimate of drug-likeness (QED) is 0.279. The van der Waals surface area contributed by atoms with Gasteiger partial charge in [-0.3, -0.25) is 10.0 Å². The van der Waals surface area contributed by atoms with Gasteiger partial charge in [-0.1, -0.05) is 31.4 Å². The van der Waals surface area contributed by atoms with Crippen molar-refractivity contribution in [1.29, 1.82) is 0 Å². The van der Waals surface area contributed by atoms with Crippen LogP contribution in [0, 0.1) is 0 Å². The van der Waals surface area contributed by atoms with Crippen molar-refractivity contribution < 1.29 is 23.2 Å². The summed E-state index contributed by atoms with van der Waals surface area (Å²) in [5.74, 6) is -1.02. The summed E-state index contributed by atoms with van der Waals surface area (Å²) in [5.41, 5.74) is 2.57. The molecule has 36 heavy (non-hydrogen) atoms.